The number of thioether (sulfide) groups is 1. The van der Waals surface area contributed by atoms with Crippen LogP contribution in [0.1, 0.15) is 12.8 Å². The first-order valence-corrected chi connectivity index (χ1v) is 7.29. The lowest BCUT2D eigenvalue weighted by Gasteiger charge is -2.29. The number of aliphatic imine (C=N–C) groups is 1. The fourth-order valence-electron chi connectivity index (χ4n) is 2.31. The zero-order chi connectivity index (χ0) is 14.2. The van der Waals surface area contributed by atoms with Crippen LogP contribution in [-0.2, 0) is 4.74 Å². The molecule has 0 saturated carbocycles. The molecule has 108 valence electrons. The predicted molar refractivity (Wildman–Crippen MR) is 72.6 cm³/mol. The molecule has 2 aliphatic heterocycles. The molecule has 3 nitrogen and oxygen atoms in total. The average molecular weight is 302 g/mol. The first-order valence-electron chi connectivity index (χ1n) is 6.30. The van der Waals surface area contributed by atoms with Gasteiger partial charge in [0.2, 0.25) is 0 Å². The average Bonchev–Trinajstić information content (AvgIpc) is 2.79. The van der Waals surface area contributed by atoms with Crippen LogP contribution in [0.4, 0.5) is 18.9 Å². The first kappa shape index (κ1) is 13.8. The third kappa shape index (κ3) is 2.64. The standard InChI is InChI=1S/C13H13F3N2OS/c14-9-5-8(6-10(15)11(9)16)17-12-18-13(7-20-12)1-3-19-4-2-13/h5-6H,1-4,7H2,(H,17,18). The Kier molecular flexibility index (Phi) is 3.64. The number of nitrogens with zero attached hydrogens (tertiary/aromatic N) is 1. The summed E-state index contributed by atoms with van der Waals surface area (Å²) in [7, 11) is 0. The summed E-state index contributed by atoms with van der Waals surface area (Å²) in [5.41, 5.74) is 0.0271. The van der Waals surface area contributed by atoms with Crippen LogP contribution in [0.2, 0.25) is 0 Å². The molecule has 1 aromatic rings. The minimum Gasteiger partial charge on any atom is -0.381 e. The summed E-state index contributed by atoms with van der Waals surface area (Å²) in [5, 5.41) is 3.46. The lowest BCUT2D eigenvalue weighted by Crippen LogP contribution is -2.34. The third-order valence-electron chi connectivity index (χ3n) is 3.47. The van der Waals surface area contributed by atoms with Crippen molar-refractivity contribution in [3.63, 3.8) is 0 Å². The molecule has 0 atom stereocenters. The summed E-state index contributed by atoms with van der Waals surface area (Å²) in [4.78, 5) is 4.61. The second-order valence-corrected chi connectivity index (χ2v) is 5.89. The van der Waals surface area contributed by atoms with Gasteiger partial charge >= 0.3 is 0 Å². The van der Waals surface area contributed by atoms with Crippen molar-refractivity contribution in [2.45, 2.75) is 18.4 Å². The monoisotopic (exact) mass is 302 g/mol. The quantitative estimate of drug-likeness (QED) is 0.809. The molecule has 0 radical (unpaired) electrons. The van der Waals surface area contributed by atoms with E-state index in [0.29, 0.717) is 18.4 Å². The van der Waals surface area contributed by atoms with Gasteiger partial charge in [-0.05, 0) is 12.8 Å². The molecule has 0 aromatic heterocycles. The van der Waals surface area contributed by atoms with Gasteiger partial charge in [0.15, 0.2) is 22.6 Å². The molecule has 1 aromatic carbocycles. The maximum absolute atomic E-state index is 13.1. The van der Waals surface area contributed by atoms with Gasteiger partial charge in [-0.2, -0.15) is 0 Å². The van der Waals surface area contributed by atoms with Gasteiger partial charge in [-0.15, -0.1) is 0 Å². The minimum absolute atomic E-state index is 0.137. The van der Waals surface area contributed by atoms with E-state index in [1.54, 1.807) is 0 Å². The van der Waals surface area contributed by atoms with Crippen molar-refractivity contribution < 1.29 is 17.9 Å². The minimum atomic E-state index is -1.46. The Morgan fingerprint density at radius 3 is 2.45 bits per heavy atom. The molecule has 2 heterocycles. The van der Waals surface area contributed by atoms with E-state index >= 15 is 0 Å². The first-order chi connectivity index (χ1) is 9.58. The number of amidine groups is 1. The molecule has 1 N–H and O–H groups in total. The van der Waals surface area contributed by atoms with Crippen LogP contribution in [0.5, 0.6) is 0 Å². The number of nitrogens with one attached hydrogen (secondary N) is 1. The van der Waals surface area contributed by atoms with Crippen molar-refractivity contribution in [2.24, 2.45) is 4.99 Å². The summed E-state index contributed by atoms with van der Waals surface area (Å²) in [6.45, 7) is 1.36. The van der Waals surface area contributed by atoms with E-state index in [4.69, 9.17) is 4.74 Å². The normalized spacial score (nSPS) is 21.1. The maximum atomic E-state index is 13.1. The number of hydrogen-bond donors (Lipinski definition) is 1. The largest absolute Gasteiger partial charge is 0.381 e. The Morgan fingerprint density at radius 2 is 1.80 bits per heavy atom. The van der Waals surface area contributed by atoms with Crippen LogP contribution in [-0.4, -0.2) is 29.7 Å². The molecule has 0 amide bonds. The number of rotatable bonds is 1. The highest BCUT2D eigenvalue weighted by molar-refractivity contribution is 8.14. The molecule has 0 unspecified atom stereocenters. The molecule has 2 aliphatic rings. The van der Waals surface area contributed by atoms with E-state index in [1.165, 1.54) is 11.8 Å². The molecular formula is C13H13F3N2OS. The summed E-state index contributed by atoms with van der Waals surface area (Å²) in [5.74, 6) is -3.06. The number of hydrogen-bond acceptors (Lipinski definition) is 4. The summed E-state index contributed by atoms with van der Waals surface area (Å²) < 4.78 is 44.5. The number of halogens is 3. The van der Waals surface area contributed by atoms with E-state index < -0.39 is 17.5 Å². The topological polar surface area (TPSA) is 33.6 Å². The molecule has 0 bridgehead atoms. The summed E-state index contributed by atoms with van der Waals surface area (Å²) >= 11 is 1.50. The van der Waals surface area contributed by atoms with Gasteiger partial charge in [-0.1, -0.05) is 11.8 Å². The lowest BCUT2D eigenvalue weighted by molar-refractivity contribution is 0.0624. The van der Waals surface area contributed by atoms with Crippen molar-refractivity contribution in [3.05, 3.63) is 29.6 Å². The van der Waals surface area contributed by atoms with E-state index in [0.717, 1.165) is 30.7 Å². The van der Waals surface area contributed by atoms with E-state index in [-0.39, 0.29) is 11.2 Å². The Hall–Kier alpha value is -1.21. The highest BCUT2D eigenvalue weighted by Gasteiger charge is 2.37. The molecule has 1 saturated heterocycles. The number of anilines is 1. The van der Waals surface area contributed by atoms with Crippen molar-refractivity contribution in [1.82, 2.24) is 0 Å². The molecule has 7 heteroatoms. The zero-order valence-electron chi connectivity index (χ0n) is 10.6. The van der Waals surface area contributed by atoms with Crippen LogP contribution >= 0.6 is 11.8 Å². The van der Waals surface area contributed by atoms with Crippen molar-refractivity contribution in [1.29, 1.82) is 0 Å². The van der Waals surface area contributed by atoms with Crippen molar-refractivity contribution >= 4 is 22.6 Å². The fourth-order valence-corrected chi connectivity index (χ4v) is 3.51. The van der Waals surface area contributed by atoms with Crippen molar-refractivity contribution in [2.75, 3.05) is 24.3 Å². The van der Waals surface area contributed by atoms with E-state index in [1.807, 2.05) is 0 Å². The fraction of sp³-hybridized carbons (Fsp3) is 0.462. The van der Waals surface area contributed by atoms with Crippen molar-refractivity contribution in [3.8, 4) is 0 Å². The Labute approximate surface area is 118 Å². The van der Waals surface area contributed by atoms with Crippen LogP contribution in [0.25, 0.3) is 0 Å². The molecular weight excluding hydrogens is 289 g/mol. The SMILES string of the molecule is Fc1cc(NC2=NC3(CCOCC3)CS2)cc(F)c1F. The second kappa shape index (κ2) is 5.29. The maximum Gasteiger partial charge on any atom is 0.194 e. The van der Waals surface area contributed by atoms with Crippen LogP contribution in [0.15, 0.2) is 17.1 Å². The summed E-state index contributed by atoms with van der Waals surface area (Å²) in [6, 6.07) is 1.85. The number of ether oxygens (including phenoxy) is 1. The van der Waals surface area contributed by atoms with E-state index in [9.17, 15) is 13.2 Å². The number of benzene rings is 1. The van der Waals surface area contributed by atoms with Gasteiger partial charge in [-0.3, -0.25) is 4.99 Å². The second-order valence-electron chi connectivity index (χ2n) is 4.92. The Morgan fingerprint density at radius 1 is 1.15 bits per heavy atom. The Bertz CT molecular complexity index is 536. The van der Waals surface area contributed by atoms with Crippen LogP contribution in [0.3, 0.4) is 0 Å². The summed E-state index contributed by atoms with van der Waals surface area (Å²) in [6.07, 6.45) is 1.69. The highest BCUT2D eigenvalue weighted by Crippen LogP contribution is 2.36. The van der Waals surface area contributed by atoms with E-state index in [2.05, 4.69) is 10.3 Å². The highest BCUT2D eigenvalue weighted by atomic mass is 32.2. The third-order valence-corrected chi connectivity index (χ3v) is 4.62. The predicted octanol–water partition coefficient (Wildman–Crippen LogP) is 3.17. The molecule has 0 aliphatic carbocycles. The molecule has 1 fully saturated rings. The van der Waals surface area contributed by atoms with Gasteiger partial charge in [-0.25, -0.2) is 13.2 Å². The van der Waals surface area contributed by atoms with Gasteiger partial charge in [0.05, 0.1) is 5.54 Å². The van der Waals surface area contributed by atoms with Gasteiger partial charge in [0.25, 0.3) is 0 Å². The van der Waals surface area contributed by atoms with Gasteiger partial charge in [0, 0.05) is 36.8 Å². The lowest BCUT2D eigenvalue weighted by atomic mass is 9.93. The zero-order valence-corrected chi connectivity index (χ0v) is 11.4. The molecule has 3 rings (SSSR count). The Balaban J connectivity index is 1.77. The molecule has 1 spiro atoms. The van der Waals surface area contributed by atoms with Crippen LogP contribution in [0, 0.1) is 17.5 Å². The smallest absolute Gasteiger partial charge is 0.194 e. The molecule has 20 heavy (non-hydrogen) atoms. The van der Waals surface area contributed by atoms with Gasteiger partial charge in [0.1, 0.15) is 0 Å². The van der Waals surface area contributed by atoms with Crippen LogP contribution < -0.4 is 5.32 Å². The van der Waals surface area contributed by atoms with Gasteiger partial charge < -0.3 is 10.1 Å².